The van der Waals surface area contributed by atoms with Crippen molar-refractivity contribution in [1.29, 1.82) is 0 Å². The molecule has 0 spiro atoms. The fraction of sp³-hybridized carbons (Fsp3) is 0.381. The van der Waals surface area contributed by atoms with Crippen molar-refractivity contribution in [2.75, 3.05) is 51.8 Å². The molecule has 0 bridgehead atoms. The van der Waals surface area contributed by atoms with Crippen LogP contribution in [0.5, 0.6) is 0 Å². The molecule has 0 radical (unpaired) electrons. The summed E-state index contributed by atoms with van der Waals surface area (Å²) in [6.45, 7) is 4.88. The van der Waals surface area contributed by atoms with Gasteiger partial charge in [-0.1, -0.05) is 0 Å². The molecule has 0 unspecified atom stereocenters. The number of ether oxygens (including phenoxy) is 1. The van der Waals surface area contributed by atoms with Crippen molar-refractivity contribution in [1.82, 2.24) is 9.30 Å². The Morgan fingerprint density at radius 2 is 2.03 bits per heavy atom. The van der Waals surface area contributed by atoms with Crippen LogP contribution in [0.2, 0.25) is 0 Å². The summed E-state index contributed by atoms with van der Waals surface area (Å²) in [6, 6.07) is 1.27. The standard InChI is InChI=1S/C21H21FN4O3S/c1-4-29-21(28)15-19(27)11-9-12(22)18(25-7-5-24(3)6-8-25)14-16(23-2)13-10-30-20(15)26(13)17(11)14/h9-10H,4-8H2,1-3H3. The summed E-state index contributed by atoms with van der Waals surface area (Å²) in [5.41, 5.74) is 1.32. The zero-order valence-electron chi connectivity index (χ0n) is 17.0. The van der Waals surface area contributed by atoms with E-state index in [9.17, 15) is 9.59 Å². The summed E-state index contributed by atoms with van der Waals surface area (Å²) in [5.74, 6) is -1.15. The third-order valence-corrected chi connectivity index (χ3v) is 6.81. The van der Waals surface area contributed by atoms with E-state index in [0.29, 0.717) is 39.9 Å². The van der Waals surface area contributed by atoms with E-state index in [1.807, 2.05) is 21.7 Å². The van der Waals surface area contributed by atoms with Gasteiger partial charge in [0.1, 0.15) is 16.2 Å². The van der Waals surface area contributed by atoms with Crippen molar-refractivity contribution in [2.45, 2.75) is 6.92 Å². The fourth-order valence-corrected chi connectivity index (χ4v) is 5.48. The predicted octanol–water partition coefficient (Wildman–Crippen LogP) is 2.14. The Morgan fingerprint density at radius 3 is 2.70 bits per heavy atom. The molecular weight excluding hydrogens is 407 g/mol. The number of aromatic nitrogens is 1. The average Bonchev–Trinajstić information content (AvgIpc) is 3.27. The highest BCUT2D eigenvalue weighted by Gasteiger charge is 2.30. The molecule has 9 heteroatoms. The molecular formula is C21H21FN4O3S. The van der Waals surface area contributed by atoms with Crippen LogP contribution >= 0.6 is 11.3 Å². The summed E-state index contributed by atoms with van der Waals surface area (Å²) >= 11 is 1.30. The highest BCUT2D eigenvalue weighted by atomic mass is 32.1. The van der Waals surface area contributed by atoms with Crippen molar-refractivity contribution in [2.24, 2.45) is 4.99 Å². The second-order valence-corrected chi connectivity index (χ2v) is 8.38. The van der Waals surface area contributed by atoms with Crippen LogP contribution in [0.15, 0.2) is 21.2 Å². The first-order valence-electron chi connectivity index (χ1n) is 9.88. The molecule has 1 aromatic carbocycles. The number of hydrogen-bond donors (Lipinski definition) is 0. The minimum Gasteiger partial charge on any atom is -0.462 e. The van der Waals surface area contributed by atoms with E-state index in [1.165, 1.54) is 17.4 Å². The van der Waals surface area contributed by atoms with E-state index in [2.05, 4.69) is 9.89 Å². The molecule has 5 rings (SSSR count). The van der Waals surface area contributed by atoms with Gasteiger partial charge in [-0.2, -0.15) is 0 Å². The molecule has 0 amide bonds. The summed E-state index contributed by atoms with van der Waals surface area (Å²) in [6.07, 6.45) is 0. The lowest BCUT2D eigenvalue weighted by molar-refractivity contribution is 0.0527. The highest BCUT2D eigenvalue weighted by Crippen LogP contribution is 2.36. The number of likely N-dealkylation sites (N-methyl/N-ethyl adjacent to an activating group) is 1. The zero-order valence-corrected chi connectivity index (χ0v) is 17.8. The number of anilines is 1. The summed E-state index contributed by atoms with van der Waals surface area (Å²) in [7, 11) is 3.71. The fourth-order valence-electron chi connectivity index (χ4n) is 4.45. The molecule has 7 nitrogen and oxygen atoms in total. The molecule has 0 atom stereocenters. The number of halogens is 1. The van der Waals surface area contributed by atoms with Crippen molar-refractivity contribution in [3.05, 3.63) is 38.4 Å². The number of hydrogen-bond acceptors (Lipinski definition) is 7. The molecule has 156 valence electrons. The number of piperazine rings is 1. The van der Waals surface area contributed by atoms with E-state index in [-0.39, 0.29) is 17.6 Å². The third kappa shape index (κ3) is 2.48. The highest BCUT2D eigenvalue weighted by molar-refractivity contribution is 7.16. The van der Waals surface area contributed by atoms with Crippen LogP contribution < -0.4 is 15.7 Å². The average molecular weight is 428 g/mol. The second kappa shape index (κ2) is 6.88. The topological polar surface area (TPSA) is 66.6 Å². The first kappa shape index (κ1) is 19.2. The second-order valence-electron chi connectivity index (χ2n) is 7.53. The normalized spacial score (nSPS) is 16.5. The van der Waals surface area contributed by atoms with Gasteiger partial charge >= 0.3 is 5.97 Å². The Hall–Kier alpha value is -2.78. The van der Waals surface area contributed by atoms with Crippen molar-refractivity contribution in [3.63, 3.8) is 0 Å². The molecule has 1 aliphatic rings. The lowest BCUT2D eigenvalue weighted by atomic mass is 10.1. The van der Waals surface area contributed by atoms with Crippen molar-refractivity contribution >= 4 is 49.6 Å². The quantitative estimate of drug-likeness (QED) is 0.468. The molecule has 1 fully saturated rings. The molecule has 3 aromatic heterocycles. The number of nitrogens with zero attached hydrogens (tertiary/aromatic N) is 4. The van der Waals surface area contributed by atoms with Gasteiger partial charge in [0.2, 0.25) is 5.43 Å². The number of thiazole rings is 1. The minimum absolute atomic E-state index is 0.0457. The van der Waals surface area contributed by atoms with E-state index in [0.717, 1.165) is 18.6 Å². The van der Waals surface area contributed by atoms with Crippen molar-refractivity contribution in [3.8, 4) is 0 Å². The molecule has 0 saturated carbocycles. The zero-order chi connectivity index (χ0) is 21.2. The van der Waals surface area contributed by atoms with Gasteiger partial charge in [-0.05, 0) is 20.0 Å². The van der Waals surface area contributed by atoms with Crippen LogP contribution in [-0.2, 0) is 4.74 Å². The maximum absolute atomic E-state index is 15.5. The van der Waals surface area contributed by atoms with E-state index in [4.69, 9.17) is 4.74 Å². The van der Waals surface area contributed by atoms with Gasteiger partial charge in [-0.3, -0.25) is 14.2 Å². The third-order valence-electron chi connectivity index (χ3n) is 5.86. The Labute approximate surface area is 175 Å². The monoisotopic (exact) mass is 428 g/mol. The van der Waals surface area contributed by atoms with Gasteiger partial charge in [0.05, 0.1) is 39.5 Å². The predicted molar refractivity (Wildman–Crippen MR) is 116 cm³/mol. The Bertz CT molecular complexity index is 1400. The van der Waals surface area contributed by atoms with Crippen LogP contribution in [0.3, 0.4) is 0 Å². The summed E-state index contributed by atoms with van der Waals surface area (Å²) < 4.78 is 22.5. The van der Waals surface area contributed by atoms with Crippen LogP contribution in [0, 0.1) is 5.82 Å². The number of rotatable bonds is 3. The minimum atomic E-state index is -0.683. The molecule has 1 saturated heterocycles. The van der Waals surface area contributed by atoms with Gasteiger partial charge < -0.3 is 14.5 Å². The molecule has 30 heavy (non-hydrogen) atoms. The van der Waals surface area contributed by atoms with Gasteiger partial charge in [-0.15, -0.1) is 11.3 Å². The van der Waals surface area contributed by atoms with E-state index >= 15 is 4.39 Å². The lowest BCUT2D eigenvalue weighted by Gasteiger charge is -2.34. The largest absolute Gasteiger partial charge is 0.462 e. The summed E-state index contributed by atoms with van der Waals surface area (Å²) in [5, 5.41) is 3.32. The van der Waals surface area contributed by atoms with E-state index < -0.39 is 17.2 Å². The SMILES string of the molecule is CCOC(=O)c1c(=O)c2cc(F)c(N3CCN(C)CC3)c3c(=NC)c4csc1n4c23. The van der Waals surface area contributed by atoms with Gasteiger partial charge in [-0.25, -0.2) is 9.18 Å². The molecule has 1 aliphatic heterocycles. The molecule has 4 aromatic rings. The Kier molecular flexibility index (Phi) is 4.41. The number of carbonyl (C=O) groups is 1. The van der Waals surface area contributed by atoms with Crippen LogP contribution in [0.25, 0.3) is 26.6 Å². The van der Waals surface area contributed by atoms with Gasteiger partial charge in [0.15, 0.2) is 0 Å². The van der Waals surface area contributed by atoms with Crippen molar-refractivity contribution < 1.29 is 13.9 Å². The van der Waals surface area contributed by atoms with E-state index in [1.54, 1.807) is 14.0 Å². The summed E-state index contributed by atoms with van der Waals surface area (Å²) in [4.78, 5) is 35.0. The van der Waals surface area contributed by atoms with Crippen LogP contribution in [0.1, 0.15) is 17.3 Å². The maximum Gasteiger partial charge on any atom is 0.345 e. The number of benzene rings is 1. The Morgan fingerprint density at radius 1 is 1.30 bits per heavy atom. The number of carbonyl (C=O) groups excluding carboxylic acids is 1. The molecule has 0 N–H and O–H groups in total. The number of esters is 1. The first-order chi connectivity index (χ1) is 14.5. The van der Waals surface area contributed by atoms with Gasteiger partial charge in [0, 0.05) is 38.6 Å². The smallest absolute Gasteiger partial charge is 0.345 e. The molecule has 4 heterocycles. The lowest BCUT2D eigenvalue weighted by Crippen LogP contribution is -2.45. The van der Waals surface area contributed by atoms with Gasteiger partial charge in [0.25, 0.3) is 0 Å². The number of pyridine rings is 1. The Balaban J connectivity index is 1.93. The van der Waals surface area contributed by atoms with Crippen LogP contribution in [-0.4, -0.2) is 62.2 Å². The molecule has 0 aliphatic carbocycles. The van der Waals surface area contributed by atoms with Crippen LogP contribution in [0.4, 0.5) is 10.1 Å². The maximum atomic E-state index is 15.5. The first-order valence-corrected chi connectivity index (χ1v) is 10.8.